The number of carbonyl (C=O) groups is 2. The first kappa shape index (κ1) is 14.0. The fourth-order valence-corrected chi connectivity index (χ4v) is 1.59. The van der Waals surface area contributed by atoms with Gasteiger partial charge < -0.3 is 16.2 Å². The van der Waals surface area contributed by atoms with Gasteiger partial charge >= 0.3 is 5.97 Å². The average molecular weight is 250 g/mol. The largest absolute Gasteiger partial charge is 0.480 e. The Kier molecular flexibility index (Phi) is 5.17. The van der Waals surface area contributed by atoms with E-state index in [0.717, 1.165) is 12.8 Å². The summed E-state index contributed by atoms with van der Waals surface area (Å²) in [4.78, 5) is 22.8. The third-order valence-electron chi connectivity index (χ3n) is 2.60. The van der Waals surface area contributed by atoms with Gasteiger partial charge in [-0.15, -0.1) is 0 Å². The normalized spacial score (nSPS) is 11.8. The van der Waals surface area contributed by atoms with E-state index in [9.17, 15) is 9.59 Å². The molecule has 0 aromatic heterocycles. The molecule has 98 valence electrons. The number of hydrogen-bond acceptors (Lipinski definition) is 3. The summed E-state index contributed by atoms with van der Waals surface area (Å²) < 4.78 is 0. The average Bonchev–Trinajstić information content (AvgIpc) is 2.33. The fraction of sp³-hybridized carbons (Fsp3) is 0.385. The van der Waals surface area contributed by atoms with Crippen LogP contribution in [0.4, 0.5) is 5.69 Å². The lowest BCUT2D eigenvalue weighted by Crippen LogP contribution is -2.40. The third kappa shape index (κ3) is 4.08. The number of nitrogen functional groups attached to an aromatic ring is 1. The van der Waals surface area contributed by atoms with E-state index in [2.05, 4.69) is 5.32 Å². The Labute approximate surface area is 106 Å². The van der Waals surface area contributed by atoms with Crippen molar-refractivity contribution in [1.82, 2.24) is 5.32 Å². The first-order valence-corrected chi connectivity index (χ1v) is 5.93. The number of aliphatic carboxylic acids is 1. The molecule has 5 nitrogen and oxygen atoms in total. The number of carbonyl (C=O) groups excluding carboxylic acids is 1. The number of carboxylic acids is 1. The Hall–Kier alpha value is -2.04. The van der Waals surface area contributed by atoms with Crippen LogP contribution in [0, 0.1) is 0 Å². The molecule has 0 spiro atoms. The number of nitrogens with two attached hydrogens (primary N) is 1. The molecule has 0 saturated heterocycles. The van der Waals surface area contributed by atoms with Gasteiger partial charge in [0.15, 0.2) is 0 Å². The Morgan fingerprint density at radius 2 is 2.17 bits per heavy atom. The highest BCUT2D eigenvalue weighted by molar-refractivity contribution is 5.97. The molecule has 1 unspecified atom stereocenters. The highest BCUT2D eigenvalue weighted by atomic mass is 16.4. The minimum atomic E-state index is -1.01. The zero-order valence-corrected chi connectivity index (χ0v) is 10.3. The molecule has 1 rings (SSSR count). The van der Waals surface area contributed by atoms with E-state index in [-0.39, 0.29) is 0 Å². The number of rotatable bonds is 6. The van der Waals surface area contributed by atoms with Crippen LogP contribution < -0.4 is 11.1 Å². The lowest BCUT2D eigenvalue weighted by molar-refractivity contribution is -0.139. The molecule has 5 heteroatoms. The van der Waals surface area contributed by atoms with Crippen molar-refractivity contribution in [2.75, 3.05) is 5.73 Å². The van der Waals surface area contributed by atoms with Crippen LogP contribution >= 0.6 is 0 Å². The van der Waals surface area contributed by atoms with Crippen molar-refractivity contribution in [3.8, 4) is 0 Å². The van der Waals surface area contributed by atoms with Crippen LogP contribution in [-0.2, 0) is 4.79 Å². The Morgan fingerprint density at radius 3 is 2.72 bits per heavy atom. The number of hydrogen-bond donors (Lipinski definition) is 3. The molecular weight excluding hydrogens is 232 g/mol. The van der Waals surface area contributed by atoms with Gasteiger partial charge in [0.05, 0.1) is 0 Å². The maximum Gasteiger partial charge on any atom is 0.326 e. The topological polar surface area (TPSA) is 92.4 Å². The molecule has 4 N–H and O–H groups in total. The van der Waals surface area contributed by atoms with Crippen LogP contribution in [0.1, 0.15) is 36.5 Å². The van der Waals surface area contributed by atoms with Gasteiger partial charge in [0.2, 0.25) is 0 Å². The number of benzene rings is 1. The van der Waals surface area contributed by atoms with Crippen molar-refractivity contribution in [2.24, 2.45) is 0 Å². The monoisotopic (exact) mass is 250 g/mol. The van der Waals surface area contributed by atoms with Crippen LogP contribution in [0.25, 0.3) is 0 Å². The predicted molar refractivity (Wildman–Crippen MR) is 69.3 cm³/mol. The molecule has 0 fully saturated rings. The van der Waals surface area contributed by atoms with Crippen LogP contribution in [-0.4, -0.2) is 23.0 Å². The van der Waals surface area contributed by atoms with Gasteiger partial charge in [-0.25, -0.2) is 4.79 Å². The van der Waals surface area contributed by atoms with Gasteiger partial charge in [-0.3, -0.25) is 4.79 Å². The van der Waals surface area contributed by atoms with Crippen molar-refractivity contribution < 1.29 is 14.7 Å². The van der Waals surface area contributed by atoms with Gasteiger partial charge in [-0.2, -0.15) is 0 Å². The lowest BCUT2D eigenvalue weighted by atomic mass is 10.1. The minimum Gasteiger partial charge on any atom is -0.480 e. The SMILES string of the molecule is CCCCC(NC(=O)c1cccc(N)c1)C(=O)O. The Bertz CT molecular complexity index is 432. The van der Waals surface area contributed by atoms with E-state index in [1.54, 1.807) is 18.2 Å². The van der Waals surface area contributed by atoms with E-state index in [0.29, 0.717) is 17.7 Å². The highest BCUT2D eigenvalue weighted by Crippen LogP contribution is 2.08. The highest BCUT2D eigenvalue weighted by Gasteiger charge is 2.19. The molecule has 0 radical (unpaired) electrons. The van der Waals surface area contributed by atoms with Crippen molar-refractivity contribution in [1.29, 1.82) is 0 Å². The summed E-state index contributed by atoms with van der Waals surface area (Å²) in [7, 11) is 0. The van der Waals surface area contributed by atoms with Gasteiger partial charge in [0.25, 0.3) is 5.91 Å². The van der Waals surface area contributed by atoms with Crippen LogP contribution in [0.15, 0.2) is 24.3 Å². The summed E-state index contributed by atoms with van der Waals surface area (Å²) in [6.45, 7) is 1.97. The zero-order chi connectivity index (χ0) is 13.5. The molecule has 0 bridgehead atoms. The maximum absolute atomic E-state index is 11.8. The molecule has 0 aliphatic carbocycles. The number of amides is 1. The number of carboxylic acid groups (broad SMARTS) is 1. The predicted octanol–water partition coefficient (Wildman–Crippen LogP) is 1.64. The van der Waals surface area contributed by atoms with E-state index in [1.165, 1.54) is 6.07 Å². The molecule has 18 heavy (non-hydrogen) atoms. The molecule has 0 aliphatic heterocycles. The van der Waals surface area contributed by atoms with E-state index in [1.807, 2.05) is 6.92 Å². The smallest absolute Gasteiger partial charge is 0.326 e. The van der Waals surface area contributed by atoms with Crippen molar-refractivity contribution in [3.63, 3.8) is 0 Å². The summed E-state index contributed by atoms with van der Waals surface area (Å²) in [5.41, 5.74) is 6.42. The summed E-state index contributed by atoms with van der Waals surface area (Å²) >= 11 is 0. The van der Waals surface area contributed by atoms with Gasteiger partial charge in [0, 0.05) is 11.3 Å². The van der Waals surface area contributed by atoms with Crippen LogP contribution in [0.5, 0.6) is 0 Å². The van der Waals surface area contributed by atoms with Crippen LogP contribution in [0.3, 0.4) is 0 Å². The van der Waals surface area contributed by atoms with Gasteiger partial charge in [-0.05, 0) is 24.6 Å². The van der Waals surface area contributed by atoms with Crippen LogP contribution in [0.2, 0.25) is 0 Å². The molecule has 1 amide bonds. The Balaban J connectivity index is 2.69. The number of anilines is 1. The zero-order valence-electron chi connectivity index (χ0n) is 10.3. The first-order chi connectivity index (χ1) is 8.54. The van der Waals surface area contributed by atoms with E-state index >= 15 is 0 Å². The number of unbranched alkanes of at least 4 members (excludes halogenated alkanes) is 1. The molecule has 0 aliphatic rings. The standard InChI is InChI=1S/C13H18N2O3/c1-2-3-7-11(13(17)18)15-12(16)9-5-4-6-10(14)8-9/h4-6,8,11H,2-3,7,14H2,1H3,(H,15,16)(H,17,18). The first-order valence-electron chi connectivity index (χ1n) is 5.93. The quantitative estimate of drug-likeness (QED) is 0.669. The Morgan fingerprint density at radius 1 is 1.44 bits per heavy atom. The molecular formula is C13H18N2O3. The molecule has 0 saturated carbocycles. The lowest BCUT2D eigenvalue weighted by Gasteiger charge is -2.14. The van der Waals surface area contributed by atoms with Gasteiger partial charge in [-0.1, -0.05) is 25.8 Å². The third-order valence-corrected chi connectivity index (χ3v) is 2.60. The molecule has 1 aromatic carbocycles. The maximum atomic E-state index is 11.8. The second kappa shape index (κ2) is 6.64. The molecule has 0 heterocycles. The number of nitrogens with one attached hydrogen (secondary N) is 1. The molecule has 1 atom stereocenters. The summed E-state index contributed by atoms with van der Waals surface area (Å²) in [5.74, 6) is -1.42. The van der Waals surface area contributed by atoms with Crippen molar-refractivity contribution in [2.45, 2.75) is 32.2 Å². The summed E-state index contributed by atoms with van der Waals surface area (Å²) in [5, 5.41) is 11.5. The second-order valence-corrected chi connectivity index (χ2v) is 4.13. The van der Waals surface area contributed by atoms with E-state index < -0.39 is 17.9 Å². The summed E-state index contributed by atoms with van der Waals surface area (Å²) in [6.07, 6.45) is 2.08. The van der Waals surface area contributed by atoms with Crippen molar-refractivity contribution >= 4 is 17.6 Å². The second-order valence-electron chi connectivity index (χ2n) is 4.13. The summed E-state index contributed by atoms with van der Waals surface area (Å²) in [6, 6.07) is 5.60. The minimum absolute atomic E-state index is 0.373. The van der Waals surface area contributed by atoms with E-state index in [4.69, 9.17) is 10.8 Å². The van der Waals surface area contributed by atoms with Gasteiger partial charge in [0.1, 0.15) is 6.04 Å². The van der Waals surface area contributed by atoms with Crippen molar-refractivity contribution in [3.05, 3.63) is 29.8 Å². The molecule has 1 aromatic rings. The fourth-order valence-electron chi connectivity index (χ4n) is 1.59.